The third-order valence-corrected chi connectivity index (χ3v) is 5.50. The molecule has 0 fully saturated rings. The first-order valence-electron chi connectivity index (χ1n) is 11.4. The highest BCUT2D eigenvalue weighted by atomic mass is 16.4. The minimum atomic E-state index is -1.07. The molecule has 0 unspecified atom stereocenters. The van der Waals surface area contributed by atoms with E-state index < -0.39 is 17.8 Å². The van der Waals surface area contributed by atoms with E-state index in [0.717, 1.165) is 10.5 Å². The zero-order chi connectivity index (χ0) is 24.9. The summed E-state index contributed by atoms with van der Waals surface area (Å²) in [5.41, 5.74) is 0.820. The summed E-state index contributed by atoms with van der Waals surface area (Å²) in [7, 11) is 0. The molecule has 0 saturated heterocycles. The fraction of sp³-hybridized carbons (Fsp3) is 0.440. The fourth-order valence-corrected chi connectivity index (χ4v) is 3.58. The monoisotopic (exact) mass is 470 g/mol. The molecule has 0 saturated carbocycles. The molecule has 0 bridgehead atoms. The van der Waals surface area contributed by atoms with Crippen LogP contribution in [-0.4, -0.2) is 58.4 Å². The summed E-state index contributed by atoms with van der Waals surface area (Å²) in [6, 6.07) is 9.02. The Balaban J connectivity index is 1.57. The number of carbonyl (C=O) groups excluding carboxylic acids is 5. The van der Waals surface area contributed by atoms with Gasteiger partial charge in [0.05, 0.1) is 12.5 Å². The fourth-order valence-electron chi connectivity index (χ4n) is 3.58. The van der Waals surface area contributed by atoms with Crippen molar-refractivity contribution in [3.8, 4) is 0 Å². The van der Waals surface area contributed by atoms with Crippen molar-refractivity contribution in [2.45, 2.75) is 51.4 Å². The number of imide groups is 1. The minimum absolute atomic E-state index is 0.0407. The number of rotatable bonds is 16. The normalized spacial score (nSPS) is 13.7. The van der Waals surface area contributed by atoms with E-state index in [1.807, 2.05) is 6.07 Å². The van der Waals surface area contributed by atoms with Crippen LogP contribution < -0.4 is 5.32 Å². The molecule has 0 radical (unpaired) electrons. The molecule has 0 spiro atoms. The van der Waals surface area contributed by atoms with Crippen LogP contribution in [-0.2, 0) is 35.2 Å². The summed E-state index contributed by atoms with van der Waals surface area (Å²) < 4.78 is 0. The molecule has 1 heterocycles. The first-order valence-corrected chi connectivity index (χ1v) is 11.4. The number of aliphatic carboxylic acids is 1. The molecule has 1 atom stereocenters. The third kappa shape index (κ3) is 9.48. The topological polar surface area (TPSA) is 138 Å². The highest BCUT2D eigenvalue weighted by Crippen LogP contribution is 2.13. The molecule has 9 heteroatoms. The highest BCUT2D eigenvalue weighted by molar-refractivity contribution is 6.12. The van der Waals surface area contributed by atoms with Gasteiger partial charge in [0.1, 0.15) is 5.78 Å². The summed E-state index contributed by atoms with van der Waals surface area (Å²) in [6.07, 6.45) is 4.71. The number of carboxylic acids is 1. The molecule has 34 heavy (non-hydrogen) atoms. The lowest BCUT2D eigenvalue weighted by Gasteiger charge is -2.13. The van der Waals surface area contributed by atoms with Gasteiger partial charge in [-0.15, -0.1) is 0 Å². The maximum Gasteiger partial charge on any atom is 0.307 e. The second-order valence-electron chi connectivity index (χ2n) is 8.26. The molecule has 1 aromatic rings. The molecule has 182 valence electrons. The van der Waals surface area contributed by atoms with Crippen molar-refractivity contribution in [2.75, 3.05) is 13.1 Å². The molecule has 0 aromatic heterocycles. The molecule has 1 aliphatic heterocycles. The number of amides is 3. The van der Waals surface area contributed by atoms with Gasteiger partial charge in [-0.05, 0) is 24.8 Å². The Hall–Kier alpha value is -3.62. The molecule has 1 aliphatic rings. The van der Waals surface area contributed by atoms with Gasteiger partial charge in [-0.25, -0.2) is 0 Å². The average Bonchev–Trinajstić information content (AvgIpc) is 3.13. The summed E-state index contributed by atoms with van der Waals surface area (Å²) in [5.74, 6) is -3.47. The van der Waals surface area contributed by atoms with Gasteiger partial charge >= 0.3 is 5.97 Å². The van der Waals surface area contributed by atoms with Crippen molar-refractivity contribution in [1.29, 1.82) is 0 Å². The summed E-state index contributed by atoms with van der Waals surface area (Å²) in [5, 5.41) is 11.8. The Morgan fingerprint density at radius 1 is 0.853 bits per heavy atom. The Morgan fingerprint density at radius 2 is 1.53 bits per heavy atom. The standard InChI is InChI=1S/C25H30N2O7/c28-20(9-5-2-6-14-27-23(31)12-13-24(27)32)10-11-22(30)26-17-21(29)16-19(25(33)34)15-18-7-3-1-4-8-18/h1,3-4,7-8,12-13,19H,2,5-6,9-11,14-17H2,(H,26,30)(H,33,34)/t19-/m1/s1. The number of carbonyl (C=O) groups is 6. The molecule has 2 N–H and O–H groups in total. The number of carboxylic acid groups (broad SMARTS) is 1. The van der Waals surface area contributed by atoms with E-state index in [9.17, 15) is 33.9 Å². The molecular formula is C25H30N2O7. The van der Waals surface area contributed by atoms with Crippen molar-refractivity contribution in [3.63, 3.8) is 0 Å². The lowest BCUT2D eigenvalue weighted by atomic mass is 9.94. The number of benzene rings is 1. The molecule has 0 aliphatic carbocycles. The lowest BCUT2D eigenvalue weighted by molar-refractivity contribution is -0.143. The Kier molecular flexibility index (Phi) is 10.8. The van der Waals surface area contributed by atoms with Crippen LogP contribution in [0.1, 0.15) is 50.5 Å². The van der Waals surface area contributed by atoms with Gasteiger partial charge in [-0.1, -0.05) is 36.8 Å². The first-order chi connectivity index (χ1) is 16.3. The highest BCUT2D eigenvalue weighted by Gasteiger charge is 2.23. The van der Waals surface area contributed by atoms with Crippen LogP contribution >= 0.6 is 0 Å². The van der Waals surface area contributed by atoms with Crippen LogP contribution in [0.4, 0.5) is 0 Å². The largest absolute Gasteiger partial charge is 0.481 e. The minimum Gasteiger partial charge on any atom is -0.481 e. The van der Waals surface area contributed by atoms with Crippen LogP contribution in [0.15, 0.2) is 42.5 Å². The lowest BCUT2D eigenvalue weighted by Crippen LogP contribution is -2.32. The molecular weight excluding hydrogens is 440 g/mol. The van der Waals surface area contributed by atoms with Gasteiger partial charge in [-0.2, -0.15) is 0 Å². The molecule has 2 rings (SSSR count). The number of ketones is 2. The third-order valence-electron chi connectivity index (χ3n) is 5.50. The number of hydrogen-bond donors (Lipinski definition) is 2. The van der Waals surface area contributed by atoms with Crippen LogP contribution in [0.5, 0.6) is 0 Å². The van der Waals surface area contributed by atoms with Crippen LogP contribution in [0.3, 0.4) is 0 Å². The Morgan fingerprint density at radius 3 is 2.18 bits per heavy atom. The van der Waals surface area contributed by atoms with E-state index >= 15 is 0 Å². The van der Waals surface area contributed by atoms with Gasteiger partial charge in [0, 0.05) is 44.4 Å². The number of nitrogens with one attached hydrogen (secondary N) is 1. The van der Waals surface area contributed by atoms with Gasteiger partial charge in [0.15, 0.2) is 5.78 Å². The van der Waals surface area contributed by atoms with Crippen molar-refractivity contribution in [2.24, 2.45) is 5.92 Å². The number of nitrogens with zero attached hydrogens (tertiary/aromatic N) is 1. The van der Waals surface area contributed by atoms with E-state index in [1.165, 1.54) is 12.2 Å². The van der Waals surface area contributed by atoms with Crippen molar-refractivity contribution in [1.82, 2.24) is 10.2 Å². The first kappa shape index (κ1) is 26.6. The average molecular weight is 471 g/mol. The number of unbranched alkanes of at least 4 members (excludes halogenated alkanes) is 2. The van der Waals surface area contributed by atoms with Gasteiger partial charge in [0.2, 0.25) is 5.91 Å². The predicted octanol–water partition coefficient (Wildman–Crippen LogP) is 1.84. The second-order valence-corrected chi connectivity index (χ2v) is 8.26. The zero-order valence-electron chi connectivity index (χ0n) is 19.0. The van der Waals surface area contributed by atoms with E-state index in [-0.39, 0.29) is 55.6 Å². The zero-order valence-corrected chi connectivity index (χ0v) is 19.0. The quantitative estimate of drug-likeness (QED) is 0.278. The van der Waals surface area contributed by atoms with Crippen molar-refractivity contribution < 1.29 is 33.9 Å². The van der Waals surface area contributed by atoms with E-state index in [2.05, 4.69) is 5.32 Å². The SMILES string of the molecule is O=C(CCCCCN1C(=O)C=CC1=O)CCC(=O)NCC(=O)C[C@@H](Cc1ccccc1)C(=O)O. The smallest absolute Gasteiger partial charge is 0.307 e. The summed E-state index contributed by atoms with van der Waals surface area (Å²) >= 11 is 0. The van der Waals surface area contributed by atoms with E-state index in [0.29, 0.717) is 32.2 Å². The van der Waals surface area contributed by atoms with Crippen LogP contribution in [0, 0.1) is 5.92 Å². The molecule has 3 amide bonds. The maximum atomic E-state index is 12.1. The Bertz CT molecular complexity index is 922. The number of Topliss-reactive ketones (excluding diaryl/α,β-unsaturated/α-hetero) is 2. The predicted molar refractivity (Wildman–Crippen MR) is 122 cm³/mol. The van der Waals surface area contributed by atoms with E-state index in [1.54, 1.807) is 24.3 Å². The molecule has 9 nitrogen and oxygen atoms in total. The van der Waals surface area contributed by atoms with Crippen molar-refractivity contribution in [3.05, 3.63) is 48.0 Å². The van der Waals surface area contributed by atoms with Gasteiger partial charge in [0.25, 0.3) is 11.8 Å². The second kappa shape index (κ2) is 13.8. The summed E-state index contributed by atoms with van der Waals surface area (Å²) in [6.45, 7) is 0.0533. The van der Waals surface area contributed by atoms with Crippen LogP contribution in [0.2, 0.25) is 0 Å². The van der Waals surface area contributed by atoms with Gasteiger partial charge < -0.3 is 10.4 Å². The van der Waals surface area contributed by atoms with E-state index in [4.69, 9.17) is 0 Å². The molecule has 1 aromatic carbocycles. The van der Waals surface area contributed by atoms with Crippen LogP contribution in [0.25, 0.3) is 0 Å². The van der Waals surface area contributed by atoms with Gasteiger partial charge in [-0.3, -0.25) is 33.7 Å². The summed E-state index contributed by atoms with van der Waals surface area (Å²) in [4.78, 5) is 71.5. The maximum absolute atomic E-state index is 12.1. The Labute approximate surface area is 198 Å². The number of hydrogen-bond acceptors (Lipinski definition) is 6. The van der Waals surface area contributed by atoms with Crippen molar-refractivity contribution >= 4 is 35.3 Å².